The Morgan fingerprint density at radius 2 is 1.67 bits per heavy atom. The van der Waals surface area contributed by atoms with Crippen LogP contribution in [0.2, 0.25) is 0 Å². The van der Waals surface area contributed by atoms with Gasteiger partial charge in [0.15, 0.2) is 5.82 Å². The van der Waals surface area contributed by atoms with E-state index in [4.69, 9.17) is 4.74 Å². The van der Waals surface area contributed by atoms with Gasteiger partial charge < -0.3 is 10.1 Å². The van der Waals surface area contributed by atoms with Gasteiger partial charge in [-0.1, -0.05) is 30.3 Å². The first kappa shape index (κ1) is 20.4. The van der Waals surface area contributed by atoms with E-state index in [2.05, 4.69) is 20.4 Å². The maximum atomic E-state index is 12.7. The largest absolute Gasteiger partial charge is 0.439 e. The van der Waals surface area contributed by atoms with Crippen LogP contribution < -0.4 is 10.1 Å². The summed E-state index contributed by atoms with van der Waals surface area (Å²) in [5.41, 5.74) is 3.16. The molecule has 5 aromatic rings. The quantitative estimate of drug-likeness (QED) is 0.395. The van der Waals surface area contributed by atoms with Gasteiger partial charge in [-0.15, -0.1) is 0 Å². The van der Waals surface area contributed by atoms with Crippen molar-refractivity contribution in [1.82, 2.24) is 19.7 Å². The van der Waals surface area contributed by atoms with Crippen molar-refractivity contribution in [1.29, 1.82) is 0 Å². The van der Waals surface area contributed by atoms with Gasteiger partial charge >= 0.3 is 0 Å². The summed E-state index contributed by atoms with van der Waals surface area (Å²) in [4.78, 5) is 21.1. The Labute approximate surface area is 190 Å². The molecular formula is C26H21N5O2. The molecule has 0 aliphatic heterocycles. The van der Waals surface area contributed by atoms with Crippen molar-refractivity contribution in [2.24, 2.45) is 0 Å². The van der Waals surface area contributed by atoms with Crippen molar-refractivity contribution >= 4 is 22.4 Å². The Balaban J connectivity index is 1.28. The van der Waals surface area contributed by atoms with Gasteiger partial charge in [0.1, 0.15) is 12.1 Å². The van der Waals surface area contributed by atoms with Gasteiger partial charge in [-0.05, 0) is 67.1 Å². The summed E-state index contributed by atoms with van der Waals surface area (Å²) in [6.45, 7) is 3.90. The Morgan fingerprint density at radius 3 is 2.42 bits per heavy atom. The van der Waals surface area contributed by atoms with Gasteiger partial charge in [0.05, 0.1) is 5.69 Å². The van der Waals surface area contributed by atoms with Crippen molar-refractivity contribution in [3.63, 3.8) is 0 Å². The van der Waals surface area contributed by atoms with E-state index in [0.29, 0.717) is 28.7 Å². The lowest BCUT2D eigenvalue weighted by Gasteiger charge is -2.09. The lowest BCUT2D eigenvalue weighted by atomic mass is 10.1. The van der Waals surface area contributed by atoms with E-state index >= 15 is 0 Å². The Hall–Kier alpha value is -4.52. The van der Waals surface area contributed by atoms with Crippen molar-refractivity contribution in [2.75, 3.05) is 5.32 Å². The molecule has 7 nitrogen and oxygen atoms in total. The van der Waals surface area contributed by atoms with E-state index in [0.717, 1.165) is 22.2 Å². The fourth-order valence-electron chi connectivity index (χ4n) is 3.62. The molecule has 1 N–H and O–H groups in total. The first-order valence-corrected chi connectivity index (χ1v) is 10.5. The number of hydrogen-bond acceptors (Lipinski definition) is 5. The van der Waals surface area contributed by atoms with Crippen molar-refractivity contribution in [2.45, 2.75) is 13.8 Å². The number of rotatable bonds is 5. The third-order valence-corrected chi connectivity index (χ3v) is 5.20. The van der Waals surface area contributed by atoms with E-state index in [1.54, 1.807) is 35.0 Å². The first-order valence-electron chi connectivity index (χ1n) is 10.5. The van der Waals surface area contributed by atoms with E-state index < -0.39 is 0 Å². The highest BCUT2D eigenvalue weighted by Gasteiger charge is 2.09. The van der Waals surface area contributed by atoms with Crippen LogP contribution in [0, 0.1) is 13.8 Å². The van der Waals surface area contributed by atoms with Crippen LogP contribution in [0.15, 0.2) is 85.2 Å². The molecule has 3 aromatic carbocycles. The topological polar surface area (TPSA) is 81.9 Å². The molecule has 0 fully saturated rings. The highest BCUT2D eigenvalue weighted by molar-refractivity contribution is 6.06. The maximum Gasteiger partial charge on any atom is 0.255 e. The van der Waals surface area contributed by atoms with Gasteiger partial charge in [0.2, 0.25) is 5.88 Å². The second-order valence-electron chi connectivity index (χ2n) is 7.70. The number of ether oxygens (including phenoxy) is 1. The van der Waals surface area contributed by atoms with Crippen LogP contribution in [-0.4, -0.2) is 25.7 Å². The highest BCUT2D eigenvalue weighted by atomic mass is 16.5. The zero-order valence-electron chi connectivity index (χ0n) is 18.2. The highest BCUT2D eigenvalue weighted by Crippen LogP contribution is 2.23. The Kier molecular flexibility index (Phi) is 5.28. The predicted molar refractivity (Wildman–Crippen MR) is 127 cm³/mol. The standard InChI is InChI=1S/C26H21N5O2/c1-17-13-18(2)31(30-17)24-15-25(28-16-27-24)33-23-11-9-22(10-12-23)29-26(32)21-8-7-19-5-3-4-6-20(19)14-21/h3-16H,1-2H3,(H,29,32). The number of fused-ring (bicyclic) bond motifs is 1. The minimum atomic E-state index is -0.167. The number of aromatic nitrogens is 4. The number of carbonyl (C=O) groups is 1. The Morgan fingerprint density at radius 1 is 0.879 bits per heavy atom. The number of amides is 1. The van der Waals surface area contributed by atoms with Crippen molar-refractivity contribution in [3.8, 4) is 17.4 Å². The van der Waals surface area contributed by atoms with Gasteiger partial charge in [0, 0.05) is 23.0 Å². The molecule has 0 aliphatic carbocycles. The molecule has 0 saturated heterocycles. The fraction of sp³-hybridized carbons (Fsp3) is 0.0769. The zero-order chi connectivity index (χ0) is 22.8. The molecule has 162 valence electrons. The SMILES string of the molecule is Cc1cc(C)n(-c2cc(Oc3ccc(NC(=O)c4ccc5ccccc5c4)cc3)ncn2)n1. The third kappa shape index (κ3) is 4.43. The lowest BCUT2D eigenvalue weighted by Crippen LogP contribution is -2.11. The molecule has 0 saturated carbocycles. The summed E-state index contributed by atoms with van der Waals surface area (Å²) in [5.74, 6) is 1.46. The van der Waals surface area contributed by atoms with E-state index in [9.17, 15) is 4.79 Å². The molecule has 0 unspecified atom stereocenters. The summed E-state index contributed by atoms with van der Waals surface area (Å²) in [6.07, 6.45) is 1.44. The summed E-state index contributed by atoms with van der Waals surface area (Å²) >= 11 is 0. The second-order valence-corrected chi connectivity index (χ2v) is 7.70. The van der Waals surface area contributed by atoms with E-state index in [-0.39, 0.29) is 5.91 Å². The van der Waals surface area contributed by atoms with Crippen LogP contribution in [0.5, 0.6) is 11.6 Å². The monoisotopic (exact) mass is 435 g/mol. The van der Waals surface area contributed by atoms with Crippen LogP contribution in [-0.2, 0) is 0 Å². The first-order chi connectivity index (χ1) is 16.0. The Bertz CT molecular complexity index is 1460. The maximum absolute atomic E-state index is 12.7. The number of hydrogen-bond donors (Lipinski definition) is 1. The zero-order valence-corrected chi connectivity index (χ0v) is 18.2. The number of benzene rings is 3. The predicted octanol–water partition coefficient (Wildman–Crippen LogP) is 5.48. The molecule has 0 atom stereocenters. The van der Waals surface area contributed by atoms with Crippen LogP contribution in [0.25, 0.3) is 16.6 Å². The lowest BCUT2D eigenvalue weighted by molar-refractivity contribution is 0.102. The van der Waals surface area contributed by atoms with Crippen molar-refractivity contribution in [3.05, 3.63) is 102 Å². The number of nitrogens with one attached hydrogen (secondary N) is 1. The van der Waals surface area contributed by atoms with Crippen LogP contribution >= 0.6 is 0 Å². The minimum absolute atomic E-state index is 0.167. The normalized spacial score (nSPS) is 10.8. The number of aryl methyl sites for hydroxylation is 2. The van der Waals surface area contributed by atoms with E-state index in [1.807, 2.05) is 62.4 Å². The van der Waals surface area contributed by atoms with Gasteiger partial charge in [-0.2, -0.15) is 5.10 Å². The summed E-state index contributed by atoms with van der Waals surface area (Å²) in [5, 5.41) is 9.49. The van der Waals surface area contributed by atoms with Crippen LogP contribution in [0.4, 0.5) is 5.69 Å². The smallest absolute Gasteiger partial charge is 0.255 e. The van der Waals surface area contributed by atoms with Crippen molar-refractivity contribution < 1.29 is 9.53 Å². The minimum Gasteiger partial charge on any atom is -0.439 e. The summed E-state index contributed by atoms with van der Waals surface area (Å²) < 4.78 is 7.62. The van der Waals surface area contributed by atoms with Crippen LogP contribution in [0.1, 0.15) is 21.7 Å². The molecule has 2 heterocycles. The fourth-order valence-corrected chi connectivity index (χ4v) is 3.62. The number of nitrogens with zero attached hydrogens (tertiary/aromatic N) is 4. The molecule has 0 bridgehead atoms. The average molecular weight is 435 g/mol. The number of carbonyl (C=O) groups excluding carboxylic acids is 1. The molecule has 1 amide bonds. The van der Waals surface area contributed by atoms with E-state index in [1.165, 1.54) is 6.33 Å². The molecular weight excluding hydrogens is 414 g/mol. The summed E-state index contributed by atoms with van der Waals surface area (Å²) in [7, 11) is 0. The van der Waals surface area contributed by atoms with Gasteiger partial charge in [-0.25, -0.2) is 14.6 Å². The third-order valence-electron chi connectivity index (χ3n) is 5.20. The van der Waals surface area contributed by atoms with Crippen LogP contribution in [0.3, 0.4) is 0 Å². The van der Waals surface area contributed by atoms with Gasteiger partial charge in [-0.3, -0.25) is 4.79 Å². The van der Waals surface area contributed by atoms with Gasteiger partial charge in [0.25, 0.3) is 5.91 Å². The molecule has 33 heavy (non-hydrogen) atoms. The molecule has 0 spiro atoms. The average Bonchev–Trinajstić information content (AvgIpc) is 3.18. The molecule has 2 aromatic heterocycles. The second kappa shape index (κ2) is 8.55. The molecule has 5 rings (SSSR count). The molecule has 0 radical (unpaired) electrons. The molecule has 0 aliphatic rings. The molecule has 7 heteroatoms. The summed E-state index contributed by atoms with van der Waals surface area (Å²) in [6, 6.07) is 24.5. The number of anilines is 1.